The summed E-state index contributed by atoms with van der Waals surface area (Å²) >= 11 is 0. The van der Waals surface area contributed by atoms with Gasteiger partial charge in [0.1, 0.15) is 0 Å². The van der Waals surface area contributed by atoms with Gasteiger partial charge in [0.05, 0.1) is 12.3 Å². The summed E-state index contributed by atoms with van der Waals surface area (Å²) in [6, 6.07) is 0. The Kier molecular flexibility index (Phi) is 5.49. The highest BCUT2D eigenvalue weighted by molar-refractivity contribution is 5.75. The highest BCUT2D eigenvalue weighted by Crippen LogP contribution is 1.95. The van der Waals surface area contributed by atoms with E-state index >= 15 is 0 Å². The van der Waals surface area contributed by atoms with E-state index in [4.69, 9.17) is 5.11 Å². The van der Waals surface area contributed by atoms with Gasteiger partial charge in [-0.15, -0.1) is 5.10 Å². The number of hydrogen-bond donors (Lipinski definition) is 2. The zero-order chi connectivity index (χ0) is 11.8. The molecule has 0 aliphatic carbocycles. The number of aromatic nitrogens is 3. The number of nitrogens with zero attached hydrogens (tertiary/aromatic N) is 3. The average Bonchev–Trinajstić information content (AvgIpc) is 2.74. The van der Waals surface area contributed by atoms with Crippen LogP contribution in [-0.2, 0) is 11.3 Å². The van der Waals surface area contributed by atoms with Gasteiger partial charge in [-0.25, -0.2) is 0 Å². The van der Waals surface area contributed by atoms with Gasteiger partial charge >= 0.3 is 0 Å². The second-order valence-electron chi connectivity index (χ2n) is 3.76. The summed E-state index contributed by atoms with van der Waals surface area (Å²) in [7, 11) is 0. The number of rotatable bonds is 7. The summed E-state index contributed by atoms with van der Waals surface area (Å²) in [6.07, 6.45) is 4.71. The highest BCUT2D eigenvalue weighted by atomic mass is 16.3. The van der Waals surface area contributed by atoms with Crippen molar-refractivity contribution in [1.82, 2.24) is 20.3 Å². The highest BCUT2D eigenvalue weighted by Gasteiger charge is 2.03. The molecule has 1 heterocycles. The van der Waals surface area contributed by atoms with Gasteiger partial charge in [-0.3, -0.25) is 9.48 Å². The summed E-state index contributed by atoms with van der Waals surface area (Å²) < 4.78 is 1.72. The Balaban J connectivity index is 2.00. The van der Waals surface area contributed by atoms with E-state index in [1.54, 1.807) is 24.0 Å². The van der Waals surface area contributed by atoms with Crippen LogP contribution < -0.4 is 5.32 Å². The van der Waals surface area contributed by atoms with Crippen molar-refractivity contribution in [2.45, 2.75) is 38.8 Å². The van der Waals surface area contributed by atoms with Crippen molar-refractivity contribution in [3.8, 4) is 0 Å². The van der Waals surface area contributed by atoms with Crippen molar-refractivity contribution in [2.24, 2.45) is 0 Å². The molecule has 16 heavy (non-hydrogen) atoms. The van der Waals surface area contributed by atoms with Crippen molar-refractivity contribution in [3.63, 3.8) is 0 Å². The minimum atomic E-state index is -0.416. The molecule has 0 radical (unpaired) electrons. The summed E-state index contributed by atoms with van der Waals surface area (Å²) in [5.41, 5.74) is 0. The molecule has 0 fully saturated rings. The zero-order valence-electron chi connectivity index (χ0n) is 9.46. The molecule has 2 N–H and O–H groups in total. The topological polar surface area (TPSA) is 80.0 Å². The molecule has 0 aliphatic heterocycles. The number of hydrogen-bond acceptors (Lipinski definition) is 4. The predicted molar refractivity (Wildman–Crippen MR) is 58.6 cm³/mol. The molecule has 1 aromatic heterocycles. The number of amides is 1. The third-order valence-electron chi connectivity index (χ3n) is 2.15. The number of carbonyl (C=O) groups is 1. The van der Waals surface area contributed by atoms with Crippen molar-refractivity contribution >= 4 is 5.91 Å². The van der Waals surface area contributed by atoms with Crippen LogP contribution in [0.4, 0.5) is 0 Å². The van der Waals surface area contributed by atoms with Gasteiger partial charge < -0.3 is 10.4 Å². The number of nitrogens with one attached hydrogen (secondary N) is 1. The van der Waals surface area contributed by atoms with Gasteiger partial charge in [0.2, 0.25) is 5.91 Å². The average molecular weight is 226 g/mol. The van der Waals surface area contributed by atoms with Crippen LogP contribution in [0.2, 0.25) is 0 Å². The lowest BCUT2D eigenvalue weighted by Gasteiger charge is -2.06. The summed E-state index contributed by atoms with van der Waals surface area (Å²) in [4.78, 5) is 11.3. The van der Waals surface area contributed by atoms with E-state index in [9.17, 15) is 4.79 Å². The second kappa shape index (κ2) is 6.95. The molecule has 6 heteroatoms. The smallest absolute Gasteiger partial charge is 0.220 e. The SMILES string of the molecule is CC(O)CCC(=O)NCCCn1ccnn1. The van der Waals surface area contributed by atoms with E-state index < -0.39 is 6.10 Å². The lowest BCUT2D eigenvalue weighted by Crippen LogP contribution is -2.25. The Morgan fingerprint density at radius 1 is 1.62 bits per heavy atom. The Bertz CT molecular complexity index is 298. The number of aryl methyl sites for hydroxylation is 1. The molecular formula is C10H18N4O2. The third-order valence-corrected chi connectivity index (χ3v) is 2.15. The van der Waals surface area contributed by atoms with E-state index in [1.807, 2.05) is 0 Å². The summed E-state index contributed by atoms with van der Waals surface area (Å²) in [5.74, 6) is -0.0144. The Morgan fingerprint density at radius 3 is 3.06 bits per heavy atom. The van der Waals surface area contributed by atoms with E-state index in [2.05, 4.69) is 15.6 Å². The minimum Gasteiger partial charge on any atom is -0.393 e. The van der Waals surface area contributed by atoms with Crippen molar-refractivity contribution in [2.75, 3.05) is 6.54 Å². The lowest BCUT2D eigenvalue weighted by molar-refractivity contribution is -0.121. The Labute approximate surface area is 94.7 Å². The molecule has 1 unspecified atom stereocenters. The molecule has 0 bridgehead atoms. The normalized spacial score (nSPS) is 12.4. The first-order chi connectivity index (χ1) is 7.68. The van der Waals surface area contributed by atoms with Crippen LogP contribution in [-0.4, -0.2) is 38.7 Å². The van der Waals surface area contributed by atoms with E-state index in [1.165, 1.54) is 0 Å². The summed E-state index contributed by atoms with van der Waals surface area (Å²) in [5, 5.41) is 19.3. The molecule has 90 valence electrons. The predicted octanol–water partition coefficient (Wildman–Crippen LogP) is -0.0546. The van der Waals surface area contributed by atoms with Crippen LogP contribution >= 0.6 is 0 Å². The lowest BCUT2D eigenvalue weighted by atomic mass is 10.2. The van der Waals surface area contributed by atoms with Crippen LogP contribution in [0.1, 0.15) is 26.2 Å². The minimum absolute atomic E-state index is 0.0144. The fourth-order valence-corrected chi connectivity index (χ4v) is 1.25. The monoisotopic (exact) mass is 226 g/mol. The molecule has 0 aromatic carbocycles. The van der Waals surface area contributed by atoms with Crippen molar-refractivity contribution in [1.29, 1.82) is 0 Å². The summed E-state index contributed by atoms with van der Waals surface area (Å²) in [6.45, 7) is 3.05. The van der Waals surface area contributed by atoms with Crippen molar-refractivity contribution < 1.29 is 9.90 Å². The Hall–Kier alpha value is -1.43. The third kappa shape index (κ3) is 5.45. The maximum atomic E-state index is 11.3. The maximum absolute atomic E-state index is 11.3. The first kappa shape index (κ1) is 12.6. The van der Waals surface area contributed by atoms with Gasteiger partial charge in [0, 0.05) is 25.7 Å². The van der Waals surface area contributed by atoms with Gasteiger partial charge in [-0.05, 0) is 19.8 Å². The Morgan fingerprint density at radius 2 is 2.44 bits per heavy atom. The largest absolute Gasteiger partial charge is 0.393 e. The first-order valence-corrected chi connectivity index (χ1v) is 5.47. The van der Waals surface area contributed by atoms with Gasteiger partial charge in [-0.1, -0.05) is 5.21 Å². The molecule has 0 aliphatic rings. The van der Waals surface area contributed by atoms with Crippen LogP contribution in [0.25, 0.3) is 0 Å². The quantitative estimate of drug-likeness (QED) is 0.639. The van der Waals surface area contributed by atoms with Gasteiger partial charge in [0.25, 0.3) is 0 Å². The molecular weight excluding hydrogens is 208 g/mol. The van der Waals surface area contributed by atoms with Crippen molar-refractivity contribution in [3.05, 3.63) is 12.4 Å². The number of aliphatic hydroxyl groups is 1. The van der Waals surface area contributed by atoms with E-state index in [0.29, 0.717) is 19.4 Å². The van der Waals surface area contributed by atoms with Crippen LogP contribution in [0.15, 0.2) is 12.4 Å². The van der Waals surface area contributed by atoms with Gasteiger partial charge in [-0.2, -0.15) is 0 Å². The molecule has 6 nitrogen and oxygen atoms in total. The van der Waals surface area contributed by atoms with Gasteiger partial charge in [0.15, 0.2) is 0 Å². The van der Waals surface area contributed by atoms with Crippen LogP contribution in [0.3, 0.4) is 0 Å². The molecule has 1 rings (SSSR count). The van der Waals surface area contributed by atoms with E-state index in [-0.39, 0.29) is 5.91 Å². The molecule has 1 atom stereocenters. The molecule has 1 aromatic rings. The standard InChI is InChI=1S/C10H18N4O2/c1-9(15)3-4-10(16)11-5-2-7-14-8-6-12-13-14/h6,8-9,15H,2-5,7H2,1H3,(H,11,16). The molecule has 0 saturated heterocycles. The molecule has 1 amide bonds. The van der Waals surface area contributed by atoms with E-state index in [0.717, 1.165) is 13.0 Å². The van der Waals surface area contributed by atoms with Crippen LogP contribution in [0.5, 0.6) is 0 Å². The zero-order valence-corrected chi connectivity index (χ0v) is 9.46. The second-order valence-corrected chi connectivity index (χ2v) is 3.76. The number of carbonyl (C=O) groups excluding carboxylic acids is 1. The fourth-order valence-electron chi connectivity index (χ4n) is 1.25. The fraction of sp³-hybridized carbons (Fsp3) is 0.700. The maximum Gasteiger partial charge on any atom is 0.220 e. The first-order valence-electron chi connectivity index (χ1n) is 5.47. The number of aliphatic hydroxyl groups excluding tert-OH is 1. The van der Waals surface area contributed by atoms with Crippen LogP contribution in [0, 0.1) is 0 Å². The molecule has 0 spiro atoms. The molecule has 0 saturated carbocycles.